The van der Waals surface area contributed by atoms with Crippen LogP contribution in [0.3, 0.4) is 0 Å². The van der Waals surface area contributed by atoms with Gasteiger partial charge in [-0.25, -0.2) is 0 Å². The van der Waals surface area contributed by atoms with Crippen LogP contribution in [0.25, 0.3) is 0 Å². The predicted molar refractivity (Wildman–Crippen MR) is 74.6 cm³/mol. The molecule has 94 valence electrons. The number of rotatable bonds is 6. The average molecular weight is 252 g/mol. The molecule has 1 fully saturated rings. The first-order valence-corrected chi connectivity index (χ1v) is 7.15. The zero-order chi connectivity index (χ0) is 12.1. The highest BCUT2D eigenvalue weighted by Crippen LogP contribution is 2.31. The summed E-state index contributed by atoms with van der Waals surface area (Å²) in [5.41, 5.74) is 1.40. The van der Waals surface area contributed by atoms with Gasteiger partial charge in [-0.15, -0.1) is 0 Å². The molecule has 2 rings (SSSR count). The first kappa shape index (κ1) is 12.9. The number of hydrogen-bond donors (Lipinski definition) is 1. The third-order valence-electron chi connectivity index (χ3n) is 3.74. The summed E-state index contributed by atoms with van der Waals surface area (Å²) in [6, 6.07) is 8.96. The molecule has 0 radical (unpaired) electrons. The Hall–Kier alpha value is -0.530. The fourth-order valence-electron chi connectivity index (χ4n) is 2.45. The van der Waals surface area contributed by atoms with Crippen LogP contribution in [-0.2, 0) is 6.42 Å². The Morgan fingerprint density at radius 2 is 2.00 bits per heavy atom. The monoisotopic (exact) mass is 251 g/mol. The normalized spacial score (nSPS) is 17.8. The van der Waals surface area contributed by atoms with E-state index in [1.807, 2.05) is 12.1 Å². The summed E-state index contributed by atoms with van der Waals surface area (Å²) >= 11 is 5.92. The van der Waals surface area contributed by atoms with E-state index in [1.165, 1.54) is 31.2 Å². The van der Waals surface area contributed by atoms with Crippen LogP contribution in [-0.4, -0.2) is 12.6 Å². The van der Waals surface area contributed by atoms with Crippen molar-refractivity contribution in [2.24, 2.45) is 5.92 Å². The number of hydrogen-bond acceptors (Lipinski definition) is 1. The SMILES string of the molecule is CCCNC(Cc1ccc(Cl)cc1)C1CCC1. The number of benzene rings is 1. The van der Waals surface area contributed by atoms with E-state index in [4.69, 9.17) is 11.6 Å². The van der Waals surface area contributed by atoms with Crippen molar-refractivity contribution in [3.63, 3.8) is 0 Å². The number of halogens is 1. The van der Waals surface area contributed by atoms with Gasteiger partial charge in [-0.2, -0.15) is 0 Å². The second kappa shape index (κ2) is 6.42. The van der Waals surface area contributed by atoms with E-state index in [9.17, 15) is 0 Å². The van der Waals surface area contributed by atoms with Gasteiger partial charge in [-0.3, -0.25) is 0 Å². The van der Waals surface area contributed by atoms with Gasteiger partial charge in [0.15, 0.2) is 0 Å². The molecule has 0 amide bonds. The molecular formula is C15H22ClN. The summed E-state index contributed by atoms with van der Waals surface area (Å²) in [6.07, 6.45) is 6.56. The van der Waals surface area contributed by atoms with E-state index in [1.54, 1.807) is 0 Å². The van der Waals surface area contributed by atoms with Crippen LogP contribution in [0.2, 0.25) is 5.02 Å². The molecule has 1 N–H and O–H groups in total. The number of nitrogens with one attached hydrogen (secondary N) is 1. The van der Waals surface area contributed by atoms with Crippen LogP contribution in [0.1, 0.15) is 38.2 Å². The molecule has 1 aliphatic rings. The van der Waals surface area contributed by atoms with E-state index < -0.39 is 0 Å². The van der Waals surface area contributed by atoms with Gasteiger partial charge in [0, 0.05) is 11.1 Å². The standard InChI is InChI=1S/C15H22ClN/c1-2-10-17-15(13-4-3-5-13)11-12-6-8-14(16)9-7-12/h6-9,13,15,17H,2-5,10-11H2,1H3. The minimum absolute atomic E-state index is 0.657. The summed E-state index contributed by atoms with van der Waals surface area (Å²) in [4.78, 5) is 0. The highest BCUT2D eigenvalue weighted by molar-refractivity contribution is 6.30. The maximum absolute atomic E-state index is 5.92. The highest BCUT2D eigenvalue weighted by Gasteiger charge is 2.26. The molecule has 1 nitrogen and oxygen atoms in total. The van der Waals surface area contributed by atoms with Crippen molar-refractivity contribution in [1.29, 1.82) is 0 Å². The summed E-state index contributed by atoms with van der Waals surface area (Å²) in [6.45, 7) is 3.36. The Morgan fingerprint density at radius 1 is 1.29 bits per heavy atom. The summed E-state index contributed by atoms with van der Waals surface area (Å²) in [5.74, 6) is 0.886. The lowest BCUT2D eigenvalue weighted by atomic mass is 9.77. The highest BCUT2D eigenvalue weighted by atomic mass is 35.5. The van der Waals surface area contributed by atoms with Gasteiger partial charge in [0.25, 0.3) is 0 Å². The smallest absolute Gasteiger partial charge is 0.0406 e. The maximum Gasteiger partial charge on any atom is 0.0406 e. The fourth-order valence-corrected chi connectivity index (χ4v) is 2.58. The lowest BCUT2D eigenvalue weighted by molar-refractivity contribution is 0.227. The molecule has 1 atom stereocenters. The van der Waals surface area contributed by atoms with Crippen molar-refractivity contribution < 1.29 is 0 Å². The van der Waals surface area contributed by atoms with Gasteiger partial charge in [0.1, 0.15) is 0 Å². The minimum Gasteiger partial charge on any atom is -0.313 e. The molecule has 1 unspecified atom stereocenters. The van der Waals surface area contributed by atoms with Crippen molar-refractivity contribution in [2.75, 3.05) is 6.54 Å². The Kier molecular flexibility index (Phi) is 4.87. The third kappa shape index (κ3) is 3.72. The lowest BCUT2D eigenvalue weighted by Gasteiger charge is -2.34. The second-order valence-electron chi connectivity index (χ2n) is 5.08. The largest absolute Gasteiger partial charge is 0.313 e. The van der Waals surface area contributed by atoms with E-state index in [0.29, 0.717) is 6.04 Å². The van der Waals surface area contributed by atoms with Crippen LogP contribution in [0.5, 0.6) is 0 Å². The lowest BCUT2D eigenvalue weighted by Crippen LogP contribution is -2.41. The van der Waals surface area contributed by atoms with Crippen LogP contribution in [0.15, 0.2) is 24.3 Å². The van der Waals surface area contributed by atoms with Crippen LogP contribution >= 0.6 is 11.6 Å². The third-order valence-corrected chi connectivity index (χ3v) is 4.00. The van der Waals surface area contributed by atoms with Gasteiger partial charge in [0.2, 0.25) is 0 Å². The van der Waals surface area contributed by atoms with Crippen LogP contribution < -0.4 is 5.32 Å². The Labute approximate surface area is 110 Å². The van der Waals surface area contributed by atoms with E-state index in [2.05, 4.69) is 24.4 Å². The summed E-state index contributed by atoms with van der Waals surface area (Å²) in [7, 11) is 0. The maximum atomic E-state index is 5.92. The fraction of sp³-hybridized carbons (Fsp3) is 0.600. The van der Waals surface area contributed by atoms with Gasteiger partial charge in [-0.05, 0) is 55.8 Å². The van der Waals surface area contributed by atoms with Gasteiger partial charge >= 0.3 is 0 Å². The molecule has 0 spiro atoms. The average Bonchev–Trinajstić information content (AvgIpc) is 2.26. The van der Waals surface area contributed by atoms with Crippen molar-refractivity contribution in [1.82, 2.24) is 5.32 Å². The Morgan fingerprint density at radius 3 is 2.53 bits per heavy atom. The molecule has 0 saturated heterocycles. The van der Waals surface area contributed by atoms with Crippen molar-refractivity contribution in [3.05, 3.63) is 34.9 Å². The summed E-state index contributed by atoms with van der Waals surface area (Å²) < 4.78 is 0. The molecule has 0 aliphatic heterocycles. The Balaban J connectivity index is 1.93. The molecular weight excluding hydrogens is 230 g/mol. The molecule has 1 saturated carbocycles. The Bertz CT molecular complexity index is 329. The molecule has 1 aliphatic carbocycles. The first-order chi connectivity index (χ1) is 8.29. The van der Waals surface area contributed by atoms with Gasteiger partial charge < -0.3 is 5.32 Å². The summed E-state index contributed by atoms with van der Waals surface area (Å²) in [5, 5.41) is 4.53. The minimum atomic E-state index is 0.657. The van der Waals surface area contributed by atoms with Gasteiger partial charge in [0.05, 0.1) is 0 Å². The molecule has 2 heteroatoms. The van der Waals surface area contributed by atoms with Gasteiger partial charge in [-0.1, -0.05) is 37.1 Å². The van der Waals surface area contributed by atoms with Crippen LogP contribution in [0, 0.1) is 5.92 Å². The zero-order valence-corrected chi connectivity index (χ0v) is 11.3. The van der Waals surface area contributed by atoms with Crippen molar-refractivity contribution in [3.8, 4) is 0 Å². The molecule has 0 bridgehead atoms. The topological polar surface area (TPSA) is 12.0 Å². The quantitative estimate of drug-likeness (QED) is 0.804. The second-order valence-corrected chi connectivity index (χ2v) is 5.52. The predicted octanol–water partition coefficient (Wildman–Crippen LogP) is 4.05. The zero-order valence-electron chi connectivity index (χ0n) is 10.6. The molecule has 1 aromatic rings. The first-order valence-electron chi connectivity index (χ1n) is 6.77. The van der Waals surface area contributed by atoms with E-state index in [0.717, 1.165) is 23.9 Å². The van der Waals surface area contributed by atoms with Crippen molar-refractivity contribution >= 4 is 11.6 Å². The molecule has 0 aromatic heterocycles. The van der Waals surface area contributed by atoms with E-state index in [-0.39, 0.29) is 0 Å². The molecule has 1 aromatic carbocycles. The molecule has 17 heavy (non-hydrogen) atoms. The van der Waals surface area contributed by atoms with Crippen LogP contribution in [0.4, 0.5) is 0 Å². The van der Waals surface area contributed by atoms with Crippen molar-refractivity contribution in [2.45, 2.75) is 45.1 Å². The molecule has 0 heterocycles. The van der Waals surface area contributed by atoms with E-state index >= 15 is 0 Å².